The van der Waals surface area contributed by atoms with Gasteiger partial charge in [0.15, 0.2) is 9.84 Å². The molecule has 0 N–H and O–H groups in total. The molecule has 0 bridgehead atoms. The van der Waals surface area contributed by atoms with E-state index in [-0.39, 0.29) is 11.5 Å². The summed E-state index contributed by atoms with van der Waals surface area (Å²) in [7, 11) is -3.03. The first-order valence-corrected chi connectivity index (χ1v) is 6.52. The number of hydrogen-bond acceptors (Lipinski definition) is 4. The molecule has 4 nitrogen and oxygen atoms in total. The van der Waals surface area contributed by atoms with Crippen molar-refractivity contribution in [2.75, 3.05) is 11.5 Å². The van der Waals surface area contributed by atoms with E-state index in [9.17, 15) is 8.42 Å². The molecule has 1 aliphatic heterocycles. The van der Waals surface area contributed by atoms with Gasteiger partial charge in [-0.3, -0.25) is 0 Å². The molecule has 1 atom stereocenters. The molecule has 1 aliphatic rings. The van der Waals surface area contributed by atoms with Crippen molar-refractivity contribution in [3.63, 3.8) is 0 Å². The Kier molecular flexibility index (Phi) is 2.31. The van der Waals surface area contributed by atoms with Crippen LogP contribution in [0.15, 0.2) is 22.8 Å². The third-order valence-electron chi connectivity index (χ3n) is 2.72. The van der Waals surface area contributed by atoms with E-state index in [0.717, 1.165) is 0 Å². The summed E-state index contributed by atoms with van der Waals surface area (Å²) < 4.78 is 27.8. The largest absolute Gasteiger partial charge is 0.469 e. The van der Waals surface area contributed by atoms with Crippen molar-refractivity contribution in [2.45, 2.75) is 12.8 Å². The zero-order valence-electron chi connectivity index (χ0n) is 8.14. The van der Waals surface area contributed by atoms with E-state index in [1.165, 1.54) is 6.26 Å². The summed E-state index contributed by atoms with van der Waals surface area (Å²) in [5, 5.41) is 9.09. The average molecular weight is 225 g/mol. The normalized spacial score (nSPS) is 28.7. The molecule has 0 spiro atoms. The van der Waals surface area contributed by atoms with Crippen LogP contribution in [-0.4, -0.2) is 19.9 Å². The van der Waals surface area contributed by atoms with Crippen molar-refractivity contribution in [1.82, 2.24) is 0 Å². The van der Waals surface area contributed by atoms with E-state index in [0.29, 0.717) is 18.6 Å². The Bertz CT molecular complexity index is 483. The van der Waals surface area contributed by atoms with Crippen LogP contribution in [-0.2, 0) is 16.3 Å². The van der Waals surface area contributed by atoms with E-state index in [1.54, 1.807) is 12.1 Å². The first-order chi connectivity index (χ1) is 7.05. The van der Waals surface area contributed by atoms with Crippen molar-refractivity contribution in [3.8, 4) is 6.07 Å². The molecular formula is C10H11NO3S. The van der Waals surface area contributed by atoms with Gasteiger partial charge in [0.05, 0.1) is 29.3 Å². The van der Waals surface area contributed by atoms with Gasteiger partial charge < -0.3 is 4.42 Å². The molecule has 80 valence electrons. The molecular weight excluding hydrogens is 214 g/mol. The Hall–Kier alpha value is -1.28. The fraction of sp³-hybridized carbons (Fsp3) is 0.500. The highest BCUT2D eigenvalue weighted by molar-refractivity contribution is 7.91. The fourth-order valence-electron chi connectivity index (χ4n) is 1.93. The molecule has 0 amide bonds. The Morgan fingerprint density at radius 2 is 2.40 bits per heavy atom. The molecule has 1 saturated heterocycles. The highest BCUT2D eigenvalue weighted by Crippen LogP contribution is 2.35. The summed E-state index contributed by atoms with van der Waals surface area (Å²) in [6.45, 7) is 0. The molecule has 15 heavy (non-hydrogen) atoms. The summed E-state index contributed by atoms with van der Waals surface area (Å²) in [6.07, 6.45) is 2.33. The lowest BCUT2D eigenvalue weighted by Crippen LogP contribution is -2.22. The van der Waals surface area contributed by atoms with Gasteiger partial charge >= 0.3 is 0 Å². The molecule has 0 aliphatic carbocycles. The Labute approximate surface area is 88.4 Å². The number of nitrogens with zero attached hydrogens (tertiary/aromatic N) is 1. The Balaban J connectivity index is 2.22. The second kappa shape index (κ2) is 3.38. The van der Waals surface area contributed by atoms with Crippen molar-refractivity contribution in [3.05, 3.63) is 24.2 Å². The first kappa shape index (κ1) is 10.2. The average Bonchev–Trinajstić information content (AvgIpc) is 2.75. The number of furan rings is 1. The number of hydrogen-bond donors (Lipinski definition) is 0. The van der Waals surface area contributed by atoms with Crippen molar-refractivity contribution in [1.29, 1.82) is 5.26 Å². The van der Waals surface area contributed by atoms with Crippen LogP contribution in [0.3, 0.4) is 0 Å². The third kappa shape index (κ3) is 2.05. The summed E-state index contributed by atoms with van der Waals surface area (Å²) in [6, 6.07) is 5.64. The van der Waals surface area contributed by atoms with Gasteiger partial charge in [-0.1, -0.05) is 0 Å². The highest BCUT2D eigenvalue weighted by atomic mass is 32.2. The number of nitriles is 1. The fourth-order valence-corrected chi connectivity index (χ4v) is 3.93. The minimum Gasteiger partial charge on any atom is -0.469 e. The van der Waals surface area contributed by atoms with Crippen LogP contribution in [0, 0.1) is 16.7 Å². The third-order valence-corrected chi connectivity index (χ3v) is 4.54. The maximum atomic E-state index is 11.4. The van der Waals surface area contributed by atoms with Gasteiger partial charge in [-0.25, -0.2) is 8.42 Å². The van der Waals surface area contributed by atoms with Gasteiger partial charge in [-0.05, 0) is 18.6 Å². The number of rotatable bonds is 2. The van der Waals surface area contributed by atoms with Crippen molar-refractivity contribution in [2.24, 2.45) is 5.41 Å². The smallest absolute Gasteiger partial charge is 0.151 e. The van der Waals surface area contributed by atoms with Gasteiger partial charge in [0, 0.05) is 6.42 Å². The van der Waals surface area contributed by atoms with Crippen molar-refractivity contribution < 1.29 is 12.8 Å². The van der Waals surface area contributed by atoms with E-state index >= 15 is 0 Å². The Morgan fingerprint density at radius 3 is 2.87 bits per heavy atom. The Morgan fingerprint density at radius 1 is 1.60 bits per heavy atom. The van der Waals surface area contributed by atoms with Crippen LogP contribution in [0.4, 0.5) is 0 Å². The predicted octanol–water partition coefficient (Wildman–Crippen LogP) is 1.15. The topological polar surface area (TPSA) is 71.1 Å². The van der Waals surface area contributed by atoms with Gasteiger partial charge in [0.1, 0.15) is 5.76 Å². The van der Waals surface area contributed by atoms with Crippen LogP contribution in [0.1, 0.15) is 12.2 Å². The molecule has 1 aromatic rings. The quantitative estimate of drug-likeness (QED) is 0.757. The second-order valence-corrected chi connectivity index (χ2v) is 6.17. The van der Waals surface area contributed by atoms with E-state index < -0.39 is 15.3 Å². The van der Waals surface area contributed by atoms with Gasteiger partial charge in [0.2, 0.25) is 0 Å². The van der Waals surface area contributed by atoms with Crippen LogP contribution < -0.4 is 0 Å². The standard InChI is InChI=1S/C10H11NO3S/c11-7-10(3-5-15(12,13)8-10)6-9-2-1-4-14-9/h1-2,4H,3,5-6,8H2. The molecule has 1 fully saturated rings. The number of sulfone groups is 1. The molecule has 1 aromatic heterocycles. The minimum atomic E-state index is -3.03. The summed E-state index contributed by atoms with van der Waals surface area (Å²) in [5.74, 6) is 0.743. The lowest BCUT2D eigenvalue weighted by Gasteiger charge is -2.16. The van der Waals surface area contributed by atoms with E-state index in [4.69, 9.17) is 9.68 Å². The second-order valence-electron chi connectivity index (χ2n) is 3.99. The molecule has 1 unspecified atom stereocenters. The van der Waals surface area contributed by atoms with Gasteiger partial charge in [0.25, 0.3) is 0 Å². The van der Waals surface area contributed by atoms with Crippen LogP contribution in [0.2, 0.25) is 0 Å². The summed E-state index contributed by atoms with van der Waals surface area (Å²) >= 11 is 0. The maximum absolute atomic E-state index is 11.4. The SMILES string of the molecule is N#CC1(Cc2ccco2)CCS(=O)(=O)C1. The van der Waals surface area contributed by atoms with Gasteiger partial charge in [-0.15, -0.1) is 0 Å². The zero-order chi connectivity index (χ0) is 10.9. The first-order valence-electron chi connectivity index (χ1n) is 4.69. The predicted molar refractivity (Wildman–Crippen MR) is 53.7 cm³/mol. The summed E-state index contributed by atoms with van der Waals surface area (Å²) in [5.41, 5.74) is -0.781. The van der Waals surface area contributed by atoms with Crippen LogP contribution in [0.25, 0.3) is 0 Å². The van der Waals surface area contributed by atoms with Crippen molar-refractivity contribution >= 4 is 9.84 Å². The molecule has 0 saturated carbocycles. The highest BCUT2D eigenvalue weighted by Gasteiger charge is 2.43. The maximum Gasteiger partial charge on any atom is 0.151 e. The molecule has 5 heteroatoms. The lowest BCUT2D eigenvalue weighted by molar-refractivity contribution is 0.392. The van der Waals surface area contributed by atoms with Gasteiger partial charge in [-0.2, -0.15) is 5.26 Å². The molecule has 0 aromatic carbocycles. The molecule has 0 radical (unpaired) electrons. The summed E-state index contributed by atoms with van der Waals surface area (Å²) in [4.78, 5) is 0. The zero-order valence-corrected chi connectivity index (χ0v) is 8.96. The minimum absolute atomic E-state index is 0.0444. The molecule has 2 rings (SSSR count). The lowest BCUT2D eigenvalue weighted by atomic mass is 9.85. The molecule has 2 heterocycles. The van der Waals surface area contributed by atoms with Crippen LogP contribution >= 0.6 is 0 Å². The monoisotopic (exact) mass is 225 g/mol. The van der Waals surface area contributed by atoms with E-state index in [2.05, 4.69) is 6.07 Å². The van der Waals surface area contributed by atoms with E-state index in [1.807, 2.05) is 0 Å². The van der Waals surface area contributed by atoms with Crippen LogP contribution in [0.5, 0.6) is 0 Å².